The van der Waals surface area contributed by atoms with Gasteiger partial charge in [0.25, 0.3) is 0 Å². The van der Waals surface area contributed by atoms with Crippen LogP contribution in [-0.4, -0.2) is 38.9 Å². The molecule has 0 N–H and O–H groups in total. The molecule has 0 saturated carbocycles. The van der Waals surface area contributed by atoms with Gasteiger partial charge in [-0.2, -0.15) is 0 Å². The SMILES string of the molecule is C=CCc1cc(C=C(C(=O)OCC)C(=O)OCC)cc(OC)c1OCCCC. The Morgan fingerprint density at radius 3 is 2.21 bits per heavy atom. The minimum Gasteiger partial charge on any atom is -0.493 e. The molecule has 0 spiro atoms. The normalized spacial score (nSPS) is 10.0. The van der Waals surface area contributed by atoms with Gasteiger partial charge in [-0.15, -0.1) is 6.58 Å². The van der Waals surface area contributed by atoms with Crippen LogP contribution < -0.4 is 9.47 Å². The summed E-state index contributed by atoms with van der Waals surface area (Å²) in [6.07, 6.45) is 5.69. The lowest BCUT2D eigenvalue weighted by Crippen LogP contribution is -2.18. The Balaban J connectivity index is 3.40. The van der Waals surface area contributed by atoms with Crippen molar-refractivity contribution in [3.8, 4) is 11.5 Å². The third-order valence-corrected chi connectivity index (χ3v) is 3.78. The molecule has 0 aliphatic carbocycles. The van der Waals surface area contributed by atoms with Crippen LogP contribution in [0.15, 0.2) is 30.4 Å². The Bertz CT molecular complexity index is 685. The average Bonchev–Trinajstić information content (AvgIpc) is 2.67. The molecule has 1 aromatic carbocycles. The minimum atomic E-state index is -0.728. The maximum Gasteiger partial charge on any atom is 0.345 e. The van der Waals surface area contributed by atoms with Crippen LogP contribution in [0.1, 0.15) is 44.7 Å². The van der Waals surface area contributed by atoms with E-state index in [0.717, 1.165) is 18.4 Å². The van der Waals surface area contributed by atoms with E-state index in [0.29, 0.717) is 30.1 Å². The fourth-order valence-electron chi connectivity index (χ4n) is 2.49. The second-order valence-electron chi connectivity index (χ2n) is 5.91. The van der Waals surface area contributed by atoms with Crippen molar-refractivity contribution in [2.45, 2.75) is 40.0 Å². The molecule has 6 heteroatoms. The van der Waals surface area contributed by atoms with Crippen LogP contribution in [0.25, 0.3) is 6.08 Å². The first-order valence-electron chi connectivity index (χ1n) is 9.52. The molecule has 0 atom stereocenters. The molecule has 0 fully saturated rings. The Kier molecular flexibility index (Phi) is 10.5. The number of carbonyl (C=O) groups excluding carboxylic acids is 2. The number of carbonyl (C=O) groups is 2. The Hall–Kier alpha value is -2.76. The van der Waals surface area contributed by atoms with Crippen LogP contribution in [0.5, 0.6) is 11.5 Å². The smallest absolute Gasteiger partial charge is 0.345 e. The summed E-state index contributed by atoms with van der Waals surface area (Å²) in [6.45, 7) is 10.1. The molecule has 0 radical (unpaired) electrons. The van der Waals surface area contributed by atoms with E-state index in [1.54, 1.807) is 33.1 Å². The zero-order valence-corrected chi connectivity index (χ0v) is 17.2. The van der Waals surface area contributed by atoms with Crippen molar-refractivity contribution < 1.29 is 28.5 Å². The van der Waals surface area contributed by atoms with Crippen molar-refractivity contribution in [1.29, 1.82) is 0 Å². The van der Waals surface area contributed by atoms with Crippen molar-refractivity contribution in [2.24, 2.45) is 0 Å². The number of benzene rings is 1. The first-order chi connectivity index (χ1) is 13.5. The second-order valence-corrected chi connectivity index (χ2v) is 5.91. The fraction of sp³-hybridized carbons (Fsp3) is 0.455. The largest absolute Gasteiger partial charge is 0.493 e. The number of esters is 2. The van der Waals surface area contributed by atoms with Crippen molar-refractivity contribution in [1.82, 2.24) is 0 Å². The molecule has 154 valence electrons. The van der Waals surface area contributed by atoms with Gasteiger partial charge >= 0.3 is 11.9 Å². The van der Waals surface area contributed by atoms with E-state index < -0.39 is 11.9 Å². The van der Waals surface area contributed by atoms with Gasteiger partial charge in [0.1, 0.15) is 5.57 Å². The van der Waals surface area contributed by atoms with Crippen LogP contribution in [0.2, 0.25) is 0 Å². The molecule has 0 heterocycles. The monoisotopic (exact) mass is 390 g/mol. The van der Waals surface area contributed by atoms with E-state index >= 15 is 0 Å². The van der Waals surface area contributed by atoms with Gasteiger partial charge in [0.05, 0.1) is 26.9 Å². The van der Waals surface area contributed by atoms with E-state index in [9.17, 15) is 9.59 Å². The molecule has 1 rings (SSSR count). The van der Waals surface area contributed by atoms with E-state index in [1.807, 2.05) is 6.07 Å². The van der Waals surface area contributed by atoms with E-state index in [4.69, 9.17) is 18.9 Å². The Morgan fingerprint density at radius 2 is 1.71 bits per heavy atom. The zero-order chi connectivity index (χ0) is 20.9. The third-order valence-electron chi connectivity index (χ3n) is 3.78. The molecule has 0 amide bonds. The molecule has 0 aliphatic rings. The molecule has 0 unspecified atom stereocenters. The van der Waals surface area contributed by atoms with Gasteiger partial charge in [-0.05, 0) is 50.5 Å². The molecule has 0 bridgehead atoms. The third kappa shape index (κ3) is 6.76. The predicted molar refractivity (Wildman–Crippen MR) is 109 cm³/mol. The predicted octanol–water partition coefficient (Wildman–Crippen LogP) is 4.11. The molecule has 0 saturated heterocycles. The summed E-state index contributed by atoms with van der Waals surface area (Å²) in [5.41, 5.74) is 1.28. The standard InChI is InChI=1S/C22H30O6/c1-6-10-12-28-20-17(11-7-2)13-16(15-19(20)25-5)14-18(21(23)26-8-3)22(24)27-9-4/h7,13-15H,2,6,8-12H2,1,3-5H3. The van der Waals surface area contributed by atoms with Gasteiger partial charge in [0.2, 0.25) is 0 Å². The van der Waals surface area contributed by atoms with Crippen LogP contribution in [0, 0.1) is 0 Å². The van der Waals surface area contributed by atoms with Gasteiger partial charge in [-0.1, -0.05) is 19.4 Å². The van der Waals surface area contributed by atoms with Crippen LogP contribution >= 0.6 is 0 Å². The van der Waals surface area contributed by atoms with Crippen molar-refractivity contribution in [3.05, 3.63) is 41.5 Å². The molecule has 0 aromatic heterocycles. The number of hydrogen-bond donors (Lipinski definition) is 0. The number of ether oxygens (including phenoxy) is 4. The summed E-state index contributed by atoms with van der Waals surface area (Å²) in [4.78, 5) is 24.4. The Labute approximate surface area is 167 Å². The quantitative estimate of drug-likeness (QED) is 0.134. The summed E-state index contributed by atoms with van der Waals surface area (Å²) < 4.78 is 21.4. The fourth-order valence-corrected chi connectivity index (χ4v) is 2.49. The first-order valence-corrected chi connectivity index (χ1v) is 9.52. The maximum atomic E-state index is 12.2. The molecule has 28 heavy (non-hydrogen) atoms. The number of unbranched alkanes of at least 4 members (excludes halogenated alkanes) is 1. The highest BCUT2D eigenvalue weighted by Crippen LogP contribution is 2.34. The summed E-state index contributed by atoms with van der Waals surface area (Å²) in [6, 6.07) is 3.55. The highest BCUT2D eigenvalue weighted by atomic mass is 16.6. The van der Waals surface area contributed by atoms with Gasteiger partial charge < -0.3 is 18.9 Å². The van der Waals surface area contributed by atoms with Gasteiger partial charge in [0, 0.05) is 5.56 Å². The lowest BCUT2D eigenvalue weighted by molar-refractivity contribution is -0.146. The number of rotatable bonds is 12. The van der Waals surface area contributed by atoms with Crippen LogP contribution in [0.4, 0.5) is 0 Å². The van der Waals surface area contributed by atoms with E-state index in [2.05, 4.69) is 13.5 Å². The summed E-state index contributed by atoms with van der Waals surface area (Å²) in [7, 11) is 1.55. The van der Waals surface area contributed by atoms with Gasteiger partial charge in [0.15, 0.2) is 11.5 Å². The summed E-state index contributed by atoms with van der Waals surface area (Å²) >= 11 is 0. The lowest BCUT2D eigenvalue weighted by atomic mass is 10.0. The second kappa shape index (κ2) is 12.6. The van der Waals surface area contributed by atoms with E-state index in [-0.39, 0.29) is 18.8 Å². The first kappa shape index (κ1) is 23.3. The van der Waals surface area contributed by atoms with Crippen molar-refractivity contribution in [2.75, 3.05) is 26.9 Å². The summed E-state index contributed by atoms with van der Waals surface area (Å²) in [5.74, 6) is -0.294. The maximum absolute atomic E-state index is 12.2. The van der Waals surface area contributed by atoms with E-state index in [1.165, 1.54) is 6.08 Å². The molecule has 6 nitrogen and oxygen atoms in total. The average molecular weight is 390 g/mol. The number of hydrogen-bond acceptors (Lipinski definition) is 6. The highest BCUT2D eigenvalue weighted by Gasteiger charge is 2.22. The molecular weight excluding hydrogens is 360 g/mol. The van der Waals surface area contributed by atoms with Crippen LogP contribution in [-0.2, 0) is 25.5 Å². The molecule has 1 aromatic rings. The van der Waals surface area contributed by atoms with Crippen molar-refractivity contribution in [3.63, 3.8) is 0 Å². The van der Waals surface area contributed by atoms with Gasteiger partial charge in [-0.25, -0.2) is 9.59 Å². The topological polar surface area (TPSA) is 71.1 Å². The molecule has 0 aliphatic heterocycles. The van der Waals surface area contributed by atoms with Crippen LogP contribution in [0.3, 0.4) is 0 Å². The highest BCUT2D eigenvalue weighted by molar-refractivity contribution is 6.17. The zero-order valence-electron chi connectivity index (χ0n) is 17.2. The number of allylic oxidation sites excluding steroid dienone is 1. The summed E-state index contributed by atoms with van der Waals surface area (Å²) in [5, 5.41) is 0. The van der Waals surface area contributed by atoms with Gasteiger partial charge in [-0.3, -0.25) is 0 Å². The minimum absolute atomic E-state index is 0.158. The van der Waals surface area contributed by atoms with Crippen molar-refractivity contribution >= 4 is 18.0 Å². The molecular formula is C22H30O6. The lowest BCUT2D eigenvalue weighted by Gasteiger charge is -2.16. The number of methoxy groups -OCH3 is 1. The Morgan fingerprint density at radius 1 is 1.07 bits per heavy atom.